The summed E-state index contributed by atoms with van der Waals surface area (Å²) in [6, 6.07) is 4.67. The van der Waals surface area contributed by atoms with E-state index in [0.717, 1.165) is 25.8 Å². The van der Waals surface area contributed by atoms with Crippen molar-refractivity contribution in [1.29, 1.82) is 0 Å². The fourth-order valence-electron chi connectivity index (χ4n) is 3.46. The van der Waals surface area contributed by atoms with Crippen molar-refractivity contribution in [3.63, 3.8) is 0 Å². The topological polar surface area (TPSA) is 84.0 Å². The molecule has 3 rings (SSSR count). The van der Waals surface area contributed by atoms with Gasteiger partial charge in [0.1, 0.15) is 6.54 Å². The molecule has 0 bridgehead atoms. The number of benzene rings is 1. The number of sulfone groups is 1. The van der Waals surface area contributed by atoms with Gasteiger partial charge in [0.25, 0.3) is 0 Å². The van der Waals surface area contributed by atoms with Gasteiger partial charge in [-0.1, -0.05) is 6.92 Å². The summed E-state index contributed by atoms with van der Waals surface area (Å²) in [6.45, 7) is 4.38. The van der Waals surface area contributed by atoms with Crippen molar-refractivity contribution in [2.45, 2.75) is 44.0 Å². The number of carbonyl (C=O) groups is 2. The van der Waals surface area contributed by atoms with E-state index in [9.17, 15) is 18.0 Å². The average molecular weight is 380 g/mol. The molecule has 0 aromatic heterocycles. The Bertz CT molecular complexity index is 821. The highest BCUT2D eigenvalue weighted by Crippen LogP contribution is 2.34. The fourth-order valence-corrected chi connectivity index (χ4v) is 4.35. The molecule has 8 heteroatoms. The normalized spacial score (nSPS) is 20.5. The third kappa shape index (κ3) is 3.70. The maximum absolute atomic E-state index is 12.7. The number of hydrogen-bond acceptors (Lipinski definition) is 6. The number of piperidine rings is 1. The zero-order valence-electron chi connectivity index (χ0n) is 15.1. The Morgan fingerprint density at radius 3 is 2.77 bits per heavy atom. The number of carbonyl (C=O) groups excluding carboxylic acids is 2. The molecule has 1 aromatic rings. The van der Waals surface area contributed by atoms with Crippen molar-refractivity contribution in [1.82, 2.24) is 4.90 Å². The third-order valence-electron chi connectivity index (χ3n) is 5.00. The van der Waals surface area contributed by atoms with E-state index in [-0.39, 0.29) is 41.4 Å². The monoisotopic (exact) mass is 380 g/mol. The predicted octanol–water partition coefficient (Wildman–Crippen LogP) is 1.61. The second kappa shape index (κ2) is 7.26. The first-order valence-corrected chi connectivity index (χ1v) is 10.6. The van der Waals surface area contributed by atoms with Crippen molar-refractivity contribution in [2.24, 2.45) is 0 Å². The van der Waals surface area contributed by atoms with Gasteiger partial charge in [0.05, 0.1) is 22.9 Å². The molecule has 142 valence electrons. The fraction of sp³-hybridized carbons (Fsp3) is 0.556. The maximum Gasteiger partial charge on any atom is 0.331 e. The van der Waals surface area contributed by atoms with Gasteiger partial charge in [-0.3, -0.25) is 4.79 Å². The summed E-state index contributed by atoms with van der Waals surface area (Å²) < 4.78 is 29.3. The summed E-state index contributed by atoms with van der Waals surface area (Å²) >= 11 is 0. The summed E-state index contributed by atoms with van der Waals surface area (Å²) in [5.41, 5.74) is 0.567. The molecule has 2 aliphatic rings. The highest BCUT2D eigenvalue weighted by Gasteiger charge is 2.30. The molecule has 0 saturated carbocycles. The van der Waals surface area contributed by atoms with Crippen LogP contribution in [-0.4, -0.2) is 56.6 Å². The van der Waals surface area contributed by atoms with Crippen LogP contribution in [0.25, 0.3) is 0 Å². The number of fused-ring (bicyclic) bond motifs is 1. The Balaban J connectivity index is 1.84. The molecule has 7 nitrogen and oxygen atoms in total. The Labute approximate surface area is 153 Å². The molecule has 0 aliphatic carbocycles. The number of ether oxygens (including phenoxy) is 1. The van der Waals surface area contributed by atoms with Gasteiger partial charge in [0.15, 0.2) is 15.6 Å². The standard InChI is InChI=1S/C18H24N2O5S/c1-3-26(23,24)14-7-8-15-16(10-14)25-18(22)12-19(15)11-17(21)20-9-5-4-6-13(20)2/h7-8,10,13H,3-6,9,11-12H2,1-2H3. The minimum atomic E-state index is -3.40. The van der Waals surface area contributed by atoms with Crippen molar-refractivity contribution in [3.8, 4) is 5.75 Å². The summed E-state index contributed by atoms with van der Waals surface area (Å²) in [7, 11) is -3.40. The van der Waals surface area contributed by atoms with Gasteiger partial charge < -0.3 is 14.5 Å². The molecule has 1 atom stereocenters. The Morgan fingerprint density at radius 2 is 2.08 bits per heavy atom. The predicted molar refractivity (Wildman–Crippen MR) is 97.0 cm³/mol. The van der Waals surface area contributed by atoms with Crippen molar-refractivity contribution < 1.29 is 22.7 Å². The first-order chi connectivity index (χ1) is 12.3. The smallest absolute Gasteiger partial charge is 0.331 e. The van der Waals surface area contributed by atoms with Crippen LogP contribution in [-0.2, 0) is 19.4 Å². The van der Waals surface area contributed by atoms with E-state index in [1.165, 1.54) is 12.1 Å². The molecule has 1 amide bonds. The van der Waals surface area contributed by atoms with Gasteiger partial charge in [-0.15, -0.1) is 0 Å². The maximum atomic E-state index is 12.7. The number of anilines is 1. The highest BCUT2D eigenvalue weighted by atomic mass is 32.2. The molecule has 1 fully saturated rings. The second-order valence-electron chi connectivity index (χ2n) is 6.80. The van der Waals surface area contributed by atoms with Crippen LogP contribution < -0.4 is 9.64 Å². The number of rotatable bonds is 4. The molecule has 0 N–H and O–H groups in total. The number of esters is 1. The van der Waals surface area contributed by atoms with Gasteiger partial charge in [0, 0.05) is 18.7 Å². The summed E-state index contributed by atoms with van der Waals surface area (Å²) in [6.07, 6.45) is 3.11. The lowest BCUT2D eigenvalue weighted by atomic mass is 10.0. The van der Waals surface area contributed by atoms with Crippen LogP contribution in [0.15, 0.2) is 23.1 Å². The lowest BCUT2D eigenvalue weighted by molar-refractivity contribution is -0.134. The largest absolute Gasteiger partial charge is 0.423 e. The number of nitrogens with zero attached hydrogens (tertiary/aromatic N) is 2. The molecule has 1 saturated heterocycles. The Morgan fingerprint density at radius 1 is 1.31 bits per heavy atom. The van der Waals surface area contributed by atoms with E-state index >= 15 is 0 Å². The second-order valence-corrected chi connectivity index (χ2v) is 9.07. The van der Waals surface area contributed by atoms with Crippen LogP contribution in [0.2, 0.25) is 0 Å². The number of amides is 1. The van der Waals surface area contributed by atoms with E-state index in [0.29, 0.717) is 5.69 Å². The van der Waals surface area contributed by atoms with Crippen molar-refractivity contribution in [3.05, 3.63) is 18.2 Å². The number of likely N-dealkylation sites (tertiary alicyclic amines) is 1. The first kappa shape index (κ1) is 18.7. The van der Waals surface area contributed by atoms with Gasteiger partial charge in [-0.25, -0.2) is 13.2 Å². The molecular weight excluding hydrogens is 356 g/mol. The zero-order chi connectivity index (χ0) is 18.9. The van der Waals surface area contributed by atoms with E-state index in [2.05, 4.69) is 0 Å². The highest BCUT2D eigenvalue weighted by molar-refractivity contribution is 7.91. The lowest BCUT2D eigenvalue weighted by Gasteiger charge is -2.36. The third-order valence-corrected chi connectivity index (χ3v) is 6.74. The molecule has 1 aromatic carbocycles. The van der Waals surface area contributed by atoms with E-state index in [4.69, 9.17) is 4.74 Å². The van der Waals surface area contributed by atoms with Crippen LogP contribution >= 0.6 is 0 Å². The quantitative estimate of drug-likeness (QED) is 0.583. The van der Waals surface area contributed by atoms with Gasteiger partial charge in [-0.2, -0.15) is 0 Å². The molecule has 26 heavy (non-hydrogen) atoms. The number of hydrogen-bond donors (Lipinski definition) is 0. The molecule has 2 aliphatic heterocycles. The van der Waals surface area contributed by atoms with Crippen LogP contribution in [0.1, 0.15) is 33.1 Å². The van der Waals surface area contributed by atoms with Crippen LogP contribution in [0, 0.1) is 0 Å². The van der Waals surface area contributed by atoms with E-state index in [1.807, 2.05) is 11.8 Å². The minimum absolute atomic E-state index is 0.0249. The first-order valence-electron chi connectivity index (χ1n) is 8.93. The summed E-state index contributed by atoms with van der Waals surface area (Å²) in [5.74, 6) is -0.365. The summed E-state index contributed by atoms with van der Waals surface area (Å²) in [5, 5.41) is 0. The van der Waals surface area contributed by atoms with Crippen LogP contribution in [0.3, 0.4) is 0 Å². The van der Waals surface area contributed by atoms with Gasteiger partial charge in [0.2, 0.25) is 5.91 Å². The van der Waals surface area contributed by atoms with Crippen molar-refractivity contribution in [2.75, 3.05) is 30.3 Å². The molecule has 2 heterocycles. The van der Waals surface area contributed by atoms with Crippen LogP contribution in [0.4, 0.5) is 5.69 Å². The average Bonchev–Trinajstić information content (AvgIpc) is 2.61. The lowest BCUT2D eigenvalue weighted by Crippen LogP contribution is -2.49. The molecule has 1 unspecified atom stereocenters. The van der Waals surface area contributed by atoms with Crippen molar-refractivity contribution >= 4 is 27.4 Å². The Hall–Kier alpha value is -2.09. The Kier molecular flexibility index (Phi) is 5.22. The van der Waals surface area contributed by atoms with Gasteiger partial charge >= 0.3 is 5.97 Å². The zero-order valence-corrected chi connectivity index (χ0v) is 15.9. The van der Waals surface area contributed by atoms with E-state index in [1.54, 1.807) is 17.9 Å². The van der Waals surface area contributed by atoms with Gasteiger partial charge in [-0.05, 0) is 38.3 Å². The van der Waals surface area contributed by atoms with Crippen LogP contribution in [0.5, 0.6) is 5.75 Å². The van der Waals surface area contributed by atoms with E-state index < -0.39 is 15.8 Å². The molecule has 0 spiro atoms. The molecular formula is C18H24N2O5S. The minimum Gasteiger partial charge on any atom is -0.423 e. The SMILES string of the molecule is CCS(=O)(=O)c1ccc2c(c1)OC(=O)CN2CC(=O)N1CCCCC1C. The summed E-state index contributed by atoms with van der Waals surface area (Å²) in [4.78, 5) is 28.3. The molecule has 0 radical (unpaired) electrons.